The third kappa shape index (κ3) is 2.39. The van der Waals surface area contributed by atoms with Crippen molar-refractivity contribution in [3.8, 4) is 0 Å². The van der Waals surface area contributed by atoms with E-state index in [1.807, 2.05) is 37.4 Å². The van der Waals surface area contributed by atoms with Gasteiger partial charge in [-0.05, 0) is 32.9 Å². The first-order valence-corrected chi connectivity index (χ1v) is 5.88. The maximum atomic E-state index is 5.98. The zero-order chi connectivity index (χ0) is 12.5. The lowest BCUT2D eigenvalue weighted by Crippen LogP contribution is -2.47. The fourth-order valence-electron chi connectivity index (χ4n) is 1.67. The average Bonchev–Trinajstić information content (AvgIpc) is 2.29. The fraction of sp³-hybridized carbons (Fsp3) is 0.357. The van der Waals surface area contributed by atoms with E-state index in [4.69, 9.17) is 5.73 Å². The van der Waals surface area contributed by atoms with E-state index in [0.717, 1.165) is 16.6 Å². The number of benzene rings is 1. The maximum Gasteiger partial charge on any atom is 0.0722 e. The summed E-state index contributed by atoms with van der Waals surface area (Å²) in [5.41, 5.74) is 7.91. The van der Waals surface area contributed by atoms with Crippen LogP contribution in [0.15, 0.2) is 36.5 Å². The Morgan fingerprint density at radius 2 is 1.94 bits per heavy atom. The Morgan fingerprint density at radius 1 is 1.24 bits per heavy atom. The van der Waals surface area contributed by atoms with Crippen LogP contribution < -0.4 is 11.1 Å². The second-order valence-electron chi connectivity index (χ2n) is 5.01. The first-order chi connectivity index (χ1) is 8.00. The van der Waals surface area contributed by atoms with E-state index in [-0.39, 0.29) is 11.6 Å². The van der Waals surface area contributed by atoms with Gasteiger partial charge in [0.05, 0.1) is 5.52 Å². The van der Waals surface area contributed by atoms with Crippen molar-refractivity contribution in [2.45, 2.75) is 32.4 Å². The van der Waals surface area contributed by atoms with E-state index in [0.29, 0.717) is 0 Å². The standard InChI is InChI=1S/C14H19N3/c1-10(15)14(2,3)17-13-8-9-16-12-7-5-4-6-11(12)13/h4-10H,15H2,1-3H3,(H,16,17). The lowest BCUT2D eigenvalue weighted by molar-refractivity contribution is 0.471. The van der Waals surface area contributed by atoms with E-state index in [1.54, 1.807) is 0 Å². The lowest BCUT2D eigenvalue weighted by Gasteiger charge is -2.32. The Kier molecular flexibility index (Phi) is 3.03. The smallest absolute Gasteiger partial charge is 0.0722 e. The van der Waals surface area contributed by atoms with Crippen LogP contribution in [0.2, 0.25) is 0 Å². The fourth-order valence-corrected chi connectivity index (χ4v) is 1.67. The normalized spacial score (nSPS) is 13.6. The number of pyridine rings is 1. The van der Waals surface area contributed by atoms with E-state index in [2.05, 4.69) is 30.2 Å². The molecule has 3 nitrogen and oxygen atoms in total. The summed E-state index contributed by atoms with van der Waals surface area (Å²) in [4.78, 5) is 4.35. The summed E-state index contributed by atoms with van der Waals surface area (Å²) in [5.74, 6) is 0. The van der Waals surface area contributed by atoms with Crippen LogP contribution in [0.25, 0.3) is 10.9 Å². The highest BCUT2D eigenvalue weighted by molar-refractivity contribution is 5.91. The number of hydrogen-bond acceptors (Lipinski definition) is 3. The Labute approximate surface area is 102 Å². The molecular weight excluding hydrogens is 210 g/mol. The first-order valence-electron chi connectivity index (χ1n) is 5.88. The van der Waals surface area contributed by atoms with E-state index in [1.165, 1.54) is 0 Å². The highest BCUT2D eigenvalue weighted by atomic mass is 15.0. The van der Waals surface area contributed by atoms with Crippen LogP contribution in [-0.2, 0) is 0 Å². The number of hydrogen-bond donors (Lipinski definition) is 2. The first kappa shape index (κ1) is 11.9. The van der Waals surface area contributed by atoms with Crippen LogP contribution >= 0.6 is 0 Å². The molecule has 2 rings (SSSR count). The van der Waals surface area contributed by atoms with Crippen LogP contribution in [0.4, 0.5) is 5.69 Å². The van der Waals surface area contributed by atoms with E-state index < -0.39 is 0 Å². The molecule has 3 N–H and O–H groups in total. The zero-order valence-corrected chi connectivity index (χ0v) is 10.6. The molecule has 0 radical (unpaired) electrons. The largest absolute Gasteiger partial charge is 0.378 e. The molecule has 1 aromatic heterocycles. The van der Waals surface area contributed by atoms with Gasteiger partial charge in [-0.25, -0.2) is 0 Å². The molecule has 1 aromatic carbocycles. The van der Waals surface area contributed by atoms with Crippen molar-refractivity contribution < 1.29 is 0 Å². The van der Waals surface area contributed by atoms with Gasteiger partial charge in [0.25, 0.3) is 0 Å². The van der Waals surface area contributed by atoms with Gasteiger partial charge < -0.3 is 11.1 Å². The molecule has 17 heavy (non-hydrogen) atoms. The minimum absolute atomic E-state index is 0.0643. The number of aromatic nitrogens is 1. The van der Waals surface area contributed by atoms with E-state index >= 15 is 0 Å². The third-order valence-corrected chi connectivity index (χ3v) is 3.24. The number of rotatable bonds is 3. The SMILES string of the molecule is CC(N)C(C)(C)Nc1ccnc2ccccc12. The Morgan fingerprint density at radius 3 is 2.65 bits per heavy atom. The molecule has 0 fully saturated rings. The van der Waals surface area contributed by atoms with Gasteiger partial charge in [-0.1, -0.05) is 18.2 Å². The van der Waals surface area contributed by atoms with Gasteiger partial charge in [-0.3, -0.25) is 4.98 Å². The summed E-state index contributed by atoms with van der Waals surface area (Å²) in [6.07, 6.45) is 1.82. The highest BCUT2D eigenvalue weighted by Crippen LogP contribution is 2.25. The van der Waals surface area contributed by atoms with Gasteiger partial charge in [0, 0.05) is 28.9 Å². The lowest BCUT2D eigenvalue weighted by atomic mass is 9.96. The molecule has 90 valence electrons. The summed E-state index contributed by atoms with van der Waals surface area (Å²) in [7, 11) is 0. The number of para-hydroxylation sites is 1. The molecule has 0 saturated heterocycles. The molecule has 0 aliphatic rings. The number of nitrogens with one attached hydrogen (secondary N) is 1. The van der Waals surface area contributed by atoms with Crippen LogP contribution in [0.1, 0.15) is 20.8 Å². The molecule has 0 saturated carbocycles. The number of nitrogens with zero attached hydrogens (tertiary/aromatic N) is 1. The number of nitrogens with two attached hydrogens (primary N) is 1. The van der Waals surface area contributed by atoms with Crippen molar-refractivity contribution in [3.63, 3.8) is 0 Å². The zero-order valence-electron chi connectivity index (χ0n) is 10.6. The molecule has 0 bridgehead atoms. The predicted molar refractivity (Wildman–Crippen MR) is 73.1 cm³/mol. The quantitative estimate of drug-likeness (QED) is 0.851. The molecule has 0 amide bonds. The topological polar surface area (TPSA) is 50.9 Å². The van der Waals surface area contributed by atoms with Gasteiger partial charge in [-0.15, -0.1) is 0 Å². The molecule has 1 heterocycles. The van der Waals surface area contributed by atoms with Crippen LogP contribution in [-0.4, -0.2) is 16.6 Å². The van der Waals surface area contributed by atoms with Crippen molar-refractivity contribution >= 4 is 16.6 Å². The van der Waals surface area contributed by atoms with Crippen molar-refractivity contribution in [3.05, 3.63) is 36.5 Å². The van der Waals surface area contributed by atoms with Crippen molar-refractivity contribution in [2.75, 3.05) is 5.32 Å². The predicted octanol–water partition coefficient (Wildman–Crippen LogP) is 2.77. The van der Waals surface area contributed by atoms with Gasteiger partial charge in [0.1, 0.15) is 0 Å². The summed E-state index contributed by atoms with van der Waals surface area (Å²) < 4.78 is 0. The molecular formula is C14H19N3. The monoisotopic (exact) mass is 229 g/mol. The third-order valence-electron chi connectivity index (χ3n) is 3.24. The second kappa shape index (κ2) is 4.34. The number of anilines is 1. The summed E-state index contributed by atoms with van der Waals surface area (Å²) in [6.45, 7) is 6.22. The van der Waals surface area contributed by atoms with Crippen molar-refractivity contribution in [2.24, 2.45) is 5.73 Å². The van der Waals surface area contributed by atoms with E-state index in [9.17, 15) is 0 Å². The van der Waals surface area contributed by atoms with Gasteiger partial charge in [-0.2, -0.15) is 0 Å². The molecule has 1 unspecified atom stereocenters. The summed E-state index contributed by atoms with van der Waals surface area (Å²) in [5, 5.41) is 4.62. The van der Waals surface area contributed by atoms with Crippen molar-refractivity contribution in [1.29, 1.82) is 0 Å². The molecule has 0 aliphatic heterocycles. The Balaban J connectivity index is 2.43. The van der Waals surface area contributed by atoms with Gasteiger partial charge in [0.2, 0.25) is 0 Å². The highest BCUT2D eigenvalue weighted by Gasteiger charge is 2.22. The minimum atomic E-state index is -0.149. The summed E-state index contributed by atoms with van der Waals surface area (Å²) >= 11 is 0. The molecule has 1 atom stereocenters. The maximum absolute atomic E-state index is 5.98. The average molecular weight is 229 g/mol. The summed E-state index contributed by atoms with van der Waals surface area (Å²) in [6, 6.07) is 10.2. The Bertz CT molecular complexity index is 512. The number of fused-ring (bicyclic) bond motifs is 1. The molecule has 0 aliphatic carbocycles. The van der Waals surface area contributed by atoms with Gasteiger partial charge >= 0.3 is 0 Å². The molecule has 3 heteroatoms. The van der Waals surface area contributed by atoms with Crippen LogP contribution in [0.5, 0.6) is 0 Å². The second-order valence-corrected chi connectivity index (χ2v) is 5.01. The Hall–Kier alpha value is -1.61. The van der Waals surface area contributed by atoms with Crippen molar-refractivity contribution in [1.82, 2.24) is 4.98 Å². The molecule has 2 aromatic rings. The van der Waals surface area contributed by atoms with Gasteiger partial charge in [0.15, 0.2) is 0 Å². The van der Waals surface area contributed by atoms with Crippen LogP contribution in [0.3, 0.4) is 0 Å². The molecule has 0 spiro atoms. The minimum Gasteiger partial charge on any atom is -0.378 e. The van der Waals surface area contributed by atoms with Crippen LogP contribution in [0, 0.1) is 0 Å².